The third-order valence-corrected chi connectivity index (χ3v) is 3.17. The minimum atomic E-state index is 0.332. The van der Waals surface area contributed by atoms with Gasteiger partial charge in [-0.05, 0) is 43.8 Å². The molecule has 1 aromatic heterocycles. The van der Waals surface area contributed by atoms with Crippen LogP contribution in [-0.2, 0) is 0 Å². The normalized spacial score (nSPS) is 11.5. The highest BCUT2D eigenvalue weighted by molar-refractivity contribution is 7.80. The van der Waals surface area contributed by atoms with Crippen molar-refractivity contribution < 1.29 is 4.74 Å². The van der Waals surface area contributed by atoms with E-state index in [0.29, 0.717) is 22.9 Å². The number of nitrogens with one attached hydrogen (secondary N) is 2. The van der Waals surface area contributed by atoms with Crippen LogP contribution in [0, 0.1) is 0 Å². The molecule has 2 rings (SSSR count). The minimum absolute atomic E-state index is 0.332. The highest BCUT2D eigenvalue weighted by Gasteiger charge is 2.05. The number of rotatable bonds is 6. The first-order chi connectivity index (χ1) is 10.7. The van der Waals surface area contributed by atoms with Crippen molar-refractivity contribution >= 4 is 23.1 Å². The molecule has 2 aromatic rings. The fourth-order valence-corrected chi connectivity index (χ4v) is 2.24. The van der Waals surface area contributed by atoms with Crippen LogP contribution in [0.5, 0.6) is 11.6 Å². The van der Waals surface area contributed by atoms with Gasteiger partial charge in [0.15, 0.2) is 10.9 Å². The molecule has 1 heterocycles. The quantitative estimate of drug-likeness (QED) is 0.792. The lowest BCUT2D eigenvalue weighted by Gasteiger charge is -2.15. The molecule has 0 amide bonds. The predicted octanol–water partition coefficient (Wildman–Crippen LogP) is 3.74. The van der Waals surface area contributed by atoms with Gasteiger partial charge in [-0.1, -0.05) is 31.5 Å². The van der Waals surface area contributed by atoms with Gasteiger partial charge in [0.2, 0.25) is 5.88 Å². The molecule has 0 spiro atoms. The van der Waals surface area contributed by atoms with Crippen LogP contribution >= 0.6 is 12.2 Å². The fraction of sp³-hybridized carbons (Fsp3) is 0.312. The summed E-state index contributed by atoms with van der Waals surface area (Å²) in [5, 5.41) is 14.8. The zero-order valence-electron chi connectivity index (χ0n) is 12.7. The van der Waals surface area contributed by atoms with Crippen molar-refractivity contribution in [1.29, 1.82) is 0 Å². The number of ether oxygens (including phenoxy) is 1. The molecule has 0 saturated carbocycles. The van der Waals surface area contributed by atoms with Gasteiger partial charge in [0.05, 0.1) is 0 Å². The Balaban J connectivity index is 1.88. The standard InChI is InChI=1S/C16H20N4OS/c1-3-7-12(2)17-16(22)18-14-10-11-15(20-19-14)21-13-8-5-4-6-9-13/h4-6,8-12H,3,7H2,1-2H3,(H2,17,18,19,22)/t12-/m0/s1. The van der Waals surface area contributed by atoms with Gasteiger partial charge < -0.3 is 15.4 Å². The van der Waals surface area contributed by atoms with Crippen LogP contribution in [-0.4, -0.2) is 21.4 Å². The number of hydrogen-bond acceptors (Lipinski definition) is 4. The summed E-state index contributed by atoms with van der Waals surface area (Å²) in [5.41, 5.74) is 0. The van der Waals surface area contributed by atoms with Crippen LogP contribution in [0.1, 0.15) is 26.7 Å². The van der Waals surface area contributed by atoms with E-state index < -0.39 is 0 Å². The lowest BCUT2D eigenvalue weighted by Crippen LogP contribution is -2.35. The number of anilines is 1. The summed E-state index contributed by atoms with van der Waals surface area (Å²) in [4.78, 5) is 0. The maximum Gasteiger partial charge on any atom is 0.238 e. The SMILES string of the molecule is CCC[C@H](C)NC(=S)Nc1ccc(Oc2ccccc2)nn1. The van der Waals surface area contributed by atoms with E-state index in [1.807, 2.05) is 30.3 Å². The van der Waals surface area contributed by atoms with Gasteiger partial charge in [0.25, 0.3) is 0 Å². The Morgan fingerprint density at radius 1 is 1.18 bits per heavy atom. The largest absolute Gasteiger partial charge is 0.438 e. The zero-order valence-corrected chi connectivity index (χ0v) is 13.6. The van der Waals surface area contributed by atoms with E-state index in [-0.39, 0.29) is 0 Å². The van der Waals surface area contributed by atoms with E-state index >= 15 is 0 Å². The zero-order chi connectivity index (χ0) is 15.8. The molecule has 1 atom stereocenters. The summed E-state index contributed by atoms with van der Waals surface area (Å²) in [6.07, 6.45) is 2.18. The maximum absolute atomic E-state index is 5.58. The molecular formula is C16H20N4OS. The minimum Gasteiger partial charge on any atom is -0.438 e. The summed E-state index contributed by atoms with van der Waals surface area (Å²) < 4.78 is 5.58. The summed E-state index contributed by atoms with van der Waals surface area (Å²) in [6.45, 7) is 4.24. The molecule has 5 nitrogen and oxygen atoms in total. The molecule has 116 valence electrons. The second-order valence-electron chi connectivity index (χ2n) is 4.96. The van der Waals surface area contributed by atoms with Crippen LogP contribution in [0.4, 0.5) is 5.82 Å². The van der Waals surface area contributed by atoms with E-state index in [9.17, 15) is 0 Å². The molecular weight excluding hydrogens is 296 g/mol. The van der Waals surface area contributed by atoms with E-state index in [1.54, 1.807) is 12.1 Å². The Morgan fingerprint density at radius 2 is 1.95 bits per heavy atom. The molecule has 0 bridgehead atoms. The van der Waals surface area contributed by atoms with Crippen molar-refractivity contribution in [2.75, 3.05) is 5.32 Å². The van der Waals surface area contributed by atoms with Gasteiger partial charge >= 0.3 is 0 Å². The highest BCUT2D eigenvalue weighted by atomic mass is 32.1. The van der Waals surface area contributed by atoms with Crippen LogP contribution in [0.15, 0.2) is 42.5 Å². The molecule has 6 heteroatoms. The average Bonchev–Trinajstić information content (AvgIpc) is 2.50. The van der Waals surface area contributed by atoms with Crippen molar-refractivity contribution in [3.05, 3.63) is 42.5 Å². The summed E-state index contributed by atoms with van der Waals surface area (Å²) >= 11 is 5.24. The second kappa shape index (κ2) is 8.29. The van der Waals surface area contributed by atoms with E-state index in [2.05, 4.69) is 34.7 Å². The first kappa shape index (κ1) is 16.2. The Hall–Kier alpha value is -2.21. The summed E-state index contributed by atoms with van der Waals surface area (Å²) in [5.74, 6) is 1.75. The first-order valence-electron chi connectivity index (χ1n) is 7.31. The molecule has 22 heavy (non-hydrogen) atoms. The summed E-state index contributed by atoms with van der Waals surface area (Å²) in [7, 11) is 0. The fourth-order valence-electron chi connectivity index (χ4n) is 1.93. The number of hydrogen-bond donors (Lipinski definition) is 2. The van der Waals surface area contributed by atoms with Crippen LogP contribution in [0.3, 0.4) is 0 Å². The monoisotopic (exact) mass is 316 g/mol. The Bertz CT molecular complexity index is 589. The average molecular weight is 316 g/mol. The van der Waals surface area contributed by atoms with Crippen LogP contribution in [0.2, 0.25) is 0 Å². The number of benzene rings is 1. The van der Waals surface area contributed by atoms with Gasteiger partial charge in [0, 0.05) is 12.1 Å². The topological polar surface area (TPSA) is 59.1 Å². The molecule has 0 unspecified atom stereocenters. The van der Waals surface area contributed by atoms with Gasteiger partial charge in [0.1, 0.15) is 5.75 Å². The van der Waals surface area contributed by atoms with Crippen LogP contribution < -0.4 is 15.4 Å². The lowest BCUT2D eigenvalue weighted by molar-refractivity contribution is 0.455. The number of thiocarbonyl (C=S) groups is 1. The van der Waals surface area contributed by atoms with Crippen molar-refractivity contribution in [3.63, 3.8) is 0 Å². The first-order valence-corrected chi connectivity index (χ1v) is 7.72. The third-order valence-electron chi connectivity index (χ3n) is 2.95. The van der Waals surface area contributed by atoms with Gasteiger partial charge in [-0.2, -0.15) is 0 Å². The smallest absolute Gasteiger partial charge is 0.238 e. The van der Waals surface area contributed by atoms with Crippen molar-refractivity contribution in [3.8, 4) is 11.6 Å². The Kier molecular flexibility index (Phi) is 6.09. The maximum atomic E-state index is 5.58. The van der Waals surface area contributed by atoms with E-state index in [1.165, 1.54) is 0 Å². The molecule has 0 radical (unpaired) electrons. The lowest BCUT2D eigenvalue weighted by atomic mass is 10.2. The third kappa shape index (κ3) is 5.29. The van der Waals surface area contributed by atoms with Crippen molar-refractivity contribution in [1.82, 2.24) is 15.5 Å². The molecule has 1 aromatic carbocycles. The van der Waals surface area contributed by atoms with E-state index in [4.69, 9.17) is 17.0 Å². The molecule has 0 aliphatic rings. The Labute approximate surface area is 136 Å². The molecule has 0 aliphatic carbocycles. The predicted molar refractivity (Wildman–Crippen MR) is 92.3 cm³/mol. The van der Waals surface area contributed by atoms with E-state index in [0.717, 1.165) is 18.6 Å². The Morgan fingerprint density at radius 3 is 2.59 bits per heavy atom. The van der Waals surface area contributed by atoms with Crippen molar-refractivity contribution in [2.24, 2.45) is 0 Å². The molecule has 0 fully saturated rings. The molecule has 2 N–H and O–H groups in total. The van der Waals surface area contributed by atoms with Crippen molar-refractivity contribution in [2.45, 2.75) is 32.7 Å². The highest BCUT2D eigenvalue weighted by Crippen LogP contribution is 2.18. The summed E-state index contributed by atoms with van der Waals surface area (Å²) in [6, 6.07) is 13.3. The number of para-hydroxylation sites is 1. The number of nitrogens with zero attached hydrogens (tertiary/aromatic N) is 2. The van der Waals surface area contributed by atoms with Gasteiger partial charge in [-0.25, -0.2) is 0 Å². The second-order valence-corrected chi connectivity index (χ2v) is 5.37. The molecule has 0 saturated heterocycles. The van der Waals surface area contributed by atoms with Gasteiger partial charge in [-0.3, -0.25) is 0 Å². The number of aromatic nitrogens is 2. The van der Waals surface area contributed by atoms with Gasteiger partial charge in [-0.15, -0.1) is 10.2 Å². The molecule has 0 aliphatic heterocycles. The van der Waals surface area contributed by atoms with Crippen LogP contribution in [0.25, 0.3) is 0 Å².